The van der Waals surface area contributed by atoms with Gasteiger partial charge in [0.25, 0.3) is 5.69 Å². The van der Waals surface area contributed by atoms with Crippen LogP contribution in [-0.4, -0.2) is 28.2 Å². The van der Waals surface area contributed by atoms with E-state index in [-0.39, 0.29) is 11.7 Å². The maximum Gasteiger partial charge on any atom is 0.319 e. The van der Waals surface area contributed by atoms with Gasteiger partial charge in [-0.2, -0.15) is 0 Å². The minimum atomic E-state index is -0.529. The molecule has 7 heteroatoms. The smallest absolute Gasteiger partial charge is 0.319 e. The molecule has 2 amide bonds. The number of nitrogens with zero attached hydrogens (tertiary/aromatic N) is 1. The number of hydrogen-bond acceptors (Lipinski definition) is 4. The molecule has 104 valence electrons. The predicted octanol–water partition coefficient (Wildman–Crippen LogP) is 1.88. The molecule has 1 aromatic rings. The van der Waals surface area contributed by atoms with E-state index in [1.807, 2.05) is 0 Å². The fraction of sp³-hybridized carbons (Fsp3) is 0.417. The van der Waals surface area contributed by atoms with Crippen molar-refractivity contribution < 1.29 is 14.8 Å². The van der Waals surface area contributed by atoms with E-state index >= 15 is 0 Å². The summed E-state index contributed by atoms with van der Waals surface area (Å²) < 4.78 is 0. The van der Waals surface area contributed by atoms with Crippen LogP contribution in [0.1, 0.15) is 20.3 Å². The highest BCUT2D eigenvalue weighted by molar-refractivity contribution is 5.89. The average molecular weight is 267 g/mol. The maximum absolute atomic E-state index is 11.6. The van der Waals surface area contributed by atoms with Crippen molar-refractivity contribution in [1.82, 2.24) is 5.32 Å². The van der Waals surface area contributed by atoms with Crippen molar-refractivity contribution in [1.29, 1.82) is 0 Å². The second kappa shape index (κ2) is 6.69. The van der Waals surface area contributed by atoms with E-state index < -0.39 is 17.1 Å². The highest BCUT2D eigenvalue weighted by Crippen LogP contribution is 2.16. The molecule has 2 unspecified atom stereocenters. The lowest BCUT2D eigenvalue weighted by Crippen LogP contribution is -2.37. The van der Waals surface area contributed by atoms with Crippen molar-refractivity contribution in [2.24, 2.45) is 0 Å². The molecule has 19 heavy (non-hydrogen) atoms. The number of amides is 2. The number of nitro benzene ring substituents is 1. The van der Waals surface area contributed by atoms with Crippen LogP contribution in [-0.2, 0) is 0 Å². The molecule has 0 fully saturated rings. The van der Waals surface area contributed by atoms with Crippen molar-refractivity contribution in [3.8, 4) is 0 Å². The minimum Gasteiger partial charge on any atom is -0.393 e. The Hall–Kier alpha value is -2.15. The number of non-ortho nitro benzene ring substituents is 1. The molecule has 0 heterocycles. The first-order chi connectivity index (χ1) is 8.88. The number of urea groups is 1. The lowest BCUT2D eigenvalue weighted by atomic mass is 10.2. The van der Waals surface area contributed by atoms with E-state index in [2.05, 4.69) is 10.6 Å². The van der Waals surface area contributed by atoms with Crippen LogP contribution in [0.2, 0.25) is 0 Å². The van der Waals surface area contributed by atoms with Gasteiger partial charge in [-0.1, -0.05) is 6.07 Å². The minimum absolute atomic E-state index is 0.0881. The first-order valence-electron chi connectivity index (χ1n) is 5.88. The number of carbonyl (C=O) groups is 1. The zero-order chi connectivity index (χ0) is 14.4. The molecule has 2 atom stereocenters. The summed E-state index contributed by atoms with van der Waals surface area (Å²) in [6.07, 6.45) is -0.0735. The van der Waals surface area contributed by atoms with E-state index in [1.165, 1.54) is 18.2 Å². The van der Waals surface area contributed by atoms with E-state index in [0.29, 0.717) is 12.1 Å². The van der Waals surface area contributed by atoms with Crippen molar-refractivity contribution in [2.45, 2.75) is 32.4 Å². The van der Waals surface area contributed by atoms with Gasteiger partial charge in [-0.05, 0) is 26.3 Å². The SMILES string of the molecule is CC(O)CC(C)NC(=O)Nc1cccc([N+](=O)[O-])c1. The van der Waals surface area contributed by atoms with E-state index in [4.69, 9.17) is 0 Å². The second-order valence-corrected chi connectivity index (χ2v) is 4.39. The number of anilines is 1. The van der Waals surface area contributed by atoms with Crippen LogP contribution < -0.4 is 10.6 Å². The van der Waals surface area contributed by atoms with Gasteiger partial charge in [0.1, 0.15) is 0 Å². The first-order valence-corrected chi connectivity index (χ1v) is 5.88. The quantitative estimate of drug-likeness (QED) is 0.559. The average Bonchev–Trinajstić information content (AvgIpc) is 2.27. The van der Waals surface area contributed by atoms with Crippen LogP contribution in [0.3, 0.4) is 0 Å². The molecular formula is C12H17N3O4. The van der Waals surface area contributed by atoms with Crippen LogP contribution in [0.5, 0.6) is 0 Å². The summed E-state index contributed by atoms with van der Waals surface area (Å²) in [6, 6.07) is 5.02. The highest BCUT2D eigenvalue weighted by atomic mass is 16.6. The summed E-state index contributed by atoms with van der Waals surface area (Å²) in [7, 11) is 0. The number of hydrogen-bond donors (Lipinski definition) is 3. The second-order valence-electron chi connectivity index (χ2n) is 4.39. The van der Waals surface area contributed by atoms with Gasteiger partial charge in [0, 0.05) is 23.9 Å². The van der Waals surface area contributed by atoms with Crippen molar-refractivity contribution in [3.05, 3.63) is 34.4 Å². The molecule has 0 saturated carbocycles. The summed E-state index contributed by atoms with van der Waals surface area (Å²) >= 11 is 0. The number of aliphatic hydroxyl groups is 1. The van der Waals surface area contributed by atoms with Gasteiger partial charge in [-0.15, -0.1) is 0 Å². The molecule has 3 N–H and O–H groups in total. The van der Waals surface area contributed by atoms with Gasteiger partial charge < -0.3 is 15.7 Å². The molecule has 0 spiro atoms. The van der Waals surface area contributed by atoms with E-state index in [9.17, 15) is 20.0 Å². The first kappa shape index (κ1) is 14.9. The zero-order valence-electron chi connectivity index (χ0n) is 10.8. The van der Waals surface area contributed by atoms with Gasteiger partial charge in [-0.25, -0.2) is 4.79 Å². The maximum atomic E-state index is 11.6. The Labute approximate surface area is 110 Å². The van der Waals surface area contributed by atoms with Crippen LogP contribution in [0.4, 0.5) is 16.2 Å². The summed E-state index contributed by atoms with van der Waals surface area (Å²) in [5.41, 5.74) is 0.255. The normalized spacial score (nSPS) is 13.4. The van der Waals surface area contributed by atoms with Crippen molar-refractivity contribution >= 4 is 17.4 Å². The molecule has 0 aliphatic carbocycles. The number of nitro groups is 1. The number of nitrogens with one attached hydrogen (secondary N) is 2. The van der Waals surface area contributed by atoms with Crippen molar-refractivity contribution in [3.63, 3.8) is 0 Å². The summed E-state index contributed by atoms with van der Waals surface area (Å²) in [6.45, 7) is 3.40. The van der Waals surface area contributed by atoms with Gasteiger partial charge in [0.15, 0.2) is 0 Å². The van der Waals surface area contributed by atoms with Crippen LogP contribution in [0.15, 0.2) is 24.3 Å². The fourth-order valence-electron chi connectivity index (χ4n) is 1.66. The van der Waals surface area contributed by atoms with Gasteiger partial charge >= 0.3 is 6.03 Å². The molecule has 7 nitrogen and oxygen atoms in total. The zero-order valence-corrected chi connectivity index (χ0v) is 10.8. The van der Waals surface area contributed by atoms with Crippen LogP contribution in [0.25, 0.3) is 0 Å². The lowest BCUT2D eigenvalue weighted by molar-refractivity contribution is -0.384. The number of carbonyl (C=O) groups excluding carboxylic acids is 1. The number of rotatable bonds is 5. The highest BCUT2D eigenvalue weighted by Gasteiger charge is 2.11. The molecule has 0 aliphatic heterocycles. The summed E-state index contributed by atoms with van der Waals surface area (Å²) in [4.78, 5) is 21.7. The molecular weight excluding hydrogens is 250 g/mol. The molecule has 0 saturated heterocycles. The van der Waals surface area contributed by atoms with Crippen LogP contribution in [0, 0.1) is 10.1 Å². The Morgan fingerprint density at radius 1 is 1.47 bits per heavy atom. The third-order valence-corrected chi connectivity index (χ3v) is 2.39. The Morgan fingerprint density at radius 2 is 2.16 bits per heavy atom. The largest absolute Gasteiger partial charge is 0.393 e. The third-order valence-electron chi connectivity index (χ3n) is 2.39. The Morgan fingerprint density at radius 3 is 2.74 bits per heavy atom. The molecule has 0 aromatic heterocycles. The Bertz CT molecular complexity index is 462. The van der Waals surface area contributed by atoms with E-state index in [1.54, 1.807) is 19.9 Å². The Balaban J connectivity index is 2.57. The van der Waals surface area contributed by atoms with Gasteiger partial charge in [-0.3, -0.25) is 10.1 Å². The lowest BCUT2D eigenvalue weighted by Gasteiger charge is -2.15. The van der Waals surface area contributed by atoms with E-state index in [0.717, 1.165) is 0 Å². The number of benzene rings is 1. The third kappa shape index (κ3) is 5.35. The number of aliphatic hydroxyl groups excluding tert-OH is 1. The molecule has 0 bridgehead atoms. The van der Waals surface area contributed by atoms with Gasteiger partial charge in [0.2, 0.25) is 0 Å². The predicted molar refractivity (Wildman–Crippen MR) is 71.0 cm³/mol. The van der Waals surface area contributed by atoms with Crippen LogP contribution >= 0.6 is 0 Å². The Kier molecular flexibility index (Phi) is 5.25. The fourth-order valence-corrected chi connectivity index (χ4v) is 1.66. The van der Waals surface area contributed by atoms with Crippen molar-refractivity contribution in [2.75, 3.05) is 5.32 Å². The monoisotopic (exact) mass is 267 g/mol. The summed E-state index contributed by atoms with van der Waals surface area (Å²) in [5.74, 6) is 0. The standard InChI is InChI=1S/C12H17N3O4/c1-8(6-9(2)16)13-12(17)14-10-4-3-5-11(7-10)15(18)19/h3-5,7-9,16H,6H2,1-2H3,(H2,13,14,17). The van der Waals surface area contributed by atoms with Gasteiger partial charge in [0.05, 0.1) is 11.0 Å². The molecule has 1 aromatic carbocycles. The molecule has 0 radical (unpaired) electrons. The topological polar surface area (TPSA) is 104 Å². The summed E-state index contributed by atoms with van der Waals surface area (Å²) in [5, 5.41) is 24.9. The molecule has 0 aliphatic rings. The molecule has 1 rings (SSSR count).